The van der Waals surface area contributed by atoms with Crippen LogP contribution in [-0.2, 0) is 14.3 Å². The van der Waals surface area contributed by atoms with Gasteiger partial charge in [-0.05, 0) is 43.3 Å². The molecule has 8 heteroatoms. The molecule has 2 aliphatic heterocycles. The molecule has 4 rings (SSSR count). The number of carbonyl (C=O) groups excluding carboxylic acids is 2. The van der Waals surface area contributed by atoms with Crippen molar-refractivity contribution in [1.29, 1.82) is 0 Å². The topological polar surface area (TPSA) is 71.4 Å². The molecule has 1 aromatic carbocycles. The zero-order valence-corrected chi connectivity index (χ0v) is 16.4. The minimum absolute atomic E-state index is 0.0570. The van der Waals surface area contributed by atoms with Crippen LogP contribution in [0.2, 0.25) is 0 Å². The number of anilines is 2. The molecule has 3 heterocycles. The van der Waals surface area contributed by atoms with Gasteiger partial charge >= 0.3 is 6.09 Å². The fourth-order valence-corrected chi connectivity index (χ4v) is 3.99. The number of morpholine rings is 1. The summed E-state index contributed by atoms with van der Waals surface area (Å²) in [5, 5.41) is 0. The molecular formula is C20H21N3O4S. The van der Waals surface area contributed by atoms with Crippen molar-refractivity contribution in [3.8, 4) is 0 Å². The van der Waals surface area contributed by atoms with Crippen LogP contribution in [0.25, 0.3) is 0 Å². The Bertz CT molecular complexity index is 893. The van der Waals surface area contributed by atoms with E-state index in [-0.39, 0.29) is 24.7 Å². The summed E-state index contributed by atoms with van der Waals surface area (Å²) in [6.45, 7) is 4.11. The van der Waals surface area contributed by atoms with Gasteiger partial charge < -0.3 is 14.4 Å². The molecule has 28 heavy (non-hydrogen) atoms. The highest BCUT2D eigenvalue weighted by Crippen LogP contribution is 2.25. The summed E-state index contributed by atoms with van der Waals surface area (Å²) < 4.78 is 10.6. The van der Waals surface area contributed by atoms with E-state index in [1.165, 1.54) is 4.88 Å². The Morgan fingerprint density at radius 1 is 1.14 bits per heavy atom. The van der Waals surface area contributed by atoms with Crippen molar-refractivity contribution < 1.29 is 19.1 Å². The summed E-state index contributed by atoms with van der Waals surface area (Å²) in [5.41, 5.74) is 1.55. The molecule has 1 aromatic heterocycles. The van der Waals surface area contributed by atoms with E-state index >= 15 is 0 Å². The lowest BCUT2D eigenvalue weighted by Crippen LogP contribution is -2.41. The van der Waals surface area contributed by atoms with Gasteiger partial charge in [0.1, 0.15) is 12.7 Å². The normalized spacial score (nSPS) is 20.2. The number of carbonyl (C=O) groups is 2. The summed E-state index contributed by atoms with van der Waals surface area (Å²) in [7, 11) is 0. The third-order valence-corrected chi connectivity index (χ3v) is 5.56. The van der Waals surface area contributed by atoms with Crippen LogP contribution in [0.5, 0.6) is 0 Å². The number of benzene rings is 1. The first-order chi connectivity index (χ1) is 13.6. The van der Waals surface area contributed by atoms with Crippen molar-refractivity contribution in [2.75, 3.05) is 42.6 Å². The smallest absolute Gasteiger partial charge is 0.414 e. The van der Waals surface area contributed by atoms with E-state index in [4.69, 9.17) is 9.47 Å². The van der Waals surface area contributed by atoms with Gasteiger partial charge in [-0.3, -0.25) is 14.7 Å². The molecular weight excluding hydrogens is 378 g/mol. The molecule has 0 saturated carbocycles. The predicted molar refractivity (Wildman–Crippen MR) is 109 cm³/mol. The summed E-state index contributed by atoms with van der Waals surface area (Å²) in [6.07, 6.45) is 1.18. The Hall–Kier alpha value is -2.71. The van der Waals surface area contributed by atoms with Crippen LogP contribution in [0.3, 0.4) is 0 Å². The second-order valence-corrected chi connectivity index (χ2v) is 7.99. The average Bonchev–Trinajstić information content (AvgIpc) is 3.28. The van der Waals surface area contributed by atoms with Gasteiger partial charge in [-0.1, -0.05) is 0 Å². The molecule has 2 aliphatic rings. The van der Waals surface area contributed by atoms with E-state index in [1.807, 2.05) is 36.5 Å². The monoisotopic (exact) mass is 399 g/mol. The van der Waals surface area contributed by atoms with Gasteiger partial charge in [0.25, 0.3) is 5.91 Å². The van der Waals surface area contributed by atoms with E-state index in [9.17, 15) is 9.59 Å². The van der Waals surface area contributed by atoms with E-state index in [1.54, 1.807) is 21.1 Å². The zero-order valence-electron chi connectivity index (χ0n) is 15.5. The number of nitrogens with zero attached hydrogens (tertiary/aromatic N) is 3. The van der Waals surface area contributed by atoms with Gasteiger partial charge in [-0.15, -0.1) is 11.3 Å². The molecule has 146 valence electrons. The molecule has 0 radical (unpaired) electrons. The molecule has 2 fully saturated rings. The molecule has 0 unspecified atom stereocenters. The van der Waals surface area contributed by atoms with E-state index in [0.717, 1.165) is 16.3 Å². The first kappa shape index (κ1) is 18.6. The highest BCUT2D eigenvalue weighted by molar-refractivity contribution is 7.13. The van der Waals surface area contributed by atoms with E-state index in [0.29, 0.717) is 26.2 Å². The molecule has 0 spiro atoms. The van der Waals surface area contributed by atoms with Gasteiger partial charge in [0.15, 0.2) is 0 Å². The van der Waals surface area contributed by atoms with Crippen LogP contribution in [0.1, 0.15) is 9.75 Å². The molecule has 0 N–H and O–H groups in total. The third-order valence-electron chi connectivity index (χ3n) is 4.62. The van der Waals surface area contributed by atoms with E-state index in [2.05, 4.69) is 18.0 Å². The number of thiophene rings is 1. The van der Waals surface area contributed by atoms with Crippen LogP contribution in [0, 0.1) is 6.92 Å². The zero-order chi connectivity index (χ0) is 19.5. The van der Waals surface area contributed by atoms with Gasteiger partial charge in [-0.2, -0.15) is 0 Å². The van der Waals surface area contributed by atoms with E-state index < -0.39 is 0 Å². The largest absolute Gasteiger partial charge is 0.442 e. The molecule has 0 bridgehead atoms. The average molecular weight is 399 g/mol. The minimum atomic E-state index is -0.373. The van der Waals surface area contributed by atoms with Gasteiger partial charge in [0, 0.05) is 33.9 Å². The summed E-state index contributed by atoms with van der Waals surface area (Å²) in [4.78, 5) is 34.2. The number of amides is 2. The lowest BCUT2D eigenvalue weighted by molar-refractivity contribution is -0.125. The fraction of sp³-hybridized carbons (Fsp3) is 0.350. The Balaban J connectivity index is 1.37. The molecule has 2 aromatic rings. The first-order valence-corrected chi connectivity index (χ1v) is 9.94. The highest BCUT2D eigenvalue weighted by atomic mass is 32.1. The van der Waals surface area contributed by atoms with Crippen LogP contribution in [0.15, 0.2) is 41.4 Å². The highest BCUT2D eigenvalue weighted by Gasteiger charge is 2.32. The minimum Gasteiger partial charge on any atom is -0.442 e. The number of rotatable bonds is 5. The number of ether oxygens (including phenoxy) is 2. The van der Waals surface area contributed by atoms with Crippen molar-refractivity contribution in [2.24, 2.45) is 4.99 Å². The standard InChI is InChI=1S/C20H21N3O4S/c1-14-2-7-18(28-14)11-21-10-17-12-23(20(25)27-17)16-5-3-15(4-6-16)22-8-9-26-13-19(22)24/h2-7,11,17H,8-10,12-13H2,1H3/t17-/m1/s1. The van der Waals surface area contributed by atoms with Crippen molar-refractivity contribution in [2.45, 2.75) is 13.0 Å². The summed E-state index contributed by atoms with van der Waals surface area (Å²) >= 11 is 1.68. The lowest BCUT2D eigenvalue weighted by Gasteiger charge is -2.27. The predicted octanol–water partition coefficient (Wildman–Crippen LogP) is 2.86. The van der Waals surface area contributed by atoms with Crippen LogP contribution in [-0.4, -0.2) is 57.2 Å². The quantitative estimate of drug-likeness (QED) is 0.725. The van der Waals surface area contributed by atoms with Gasteiger partial charge in [0.05, 0.1) is 19.7 Å². The van der Waals surface area contributed by atoms with Crippen LogP contribution in [0.4, 0.5) is 16.2 Å². The summed E-state index contributed by atoms with van der Waals surface area (Å²) in [5.74, 6) is -0.0570. The number of cyclic esters (lactones) is 1. The maximum atomic E-state index is 12.2. The maximum Gasteiger partial charge on any atom is 0.414 e. The fourth-order valence-electron chi connectivity index (χ4n) is 3.21. The second kappa shape index (κ2) is 8.12. The number of aliphatic imine (C=N–C) groups is 1. The van der Waals surface area contributed by atoms with Crippen LogP contribution < -0.4 is 9.80 Å². The Morgan fingerprint density at radius 3 is 2.57 bits per heavy atom. The number of hydrogen-bond donors (Lipinski definition) is 0. The molecule has 1 atom stereocenters. The second-order valence-electron chi connectivity index (χ2n) is 6.67. The lowest BCUT2D eigenvalue weighted by atomic mass is 10.2. The third kappa shape index (κ3) is 4.07. The van der Waals surface area contributed by atoms with Crippen LogP contribution >= 0.6 is 11.3 Å². The Labute approximate surface area is 167 Å². The number of hydrogen-bond acceptors (Lipinski definition) is 6. The van der Waals surface area contributed by atoms with Crippen molar-refractivity contribution in [1.82, 2.24) is 0 Å². The van der Waals surface area contributed by atoms with Crippen molar-refractivity contribution in [3.63, 3.8) is 0 Å². The molecule has 7 nitrogen and oxygen atoms in total. The molecule has 2 amide bonds. The summed E-state index contributed by atoms with van der Waals surface area (Å²) in [6, 6.07) is 11.4. The Kier molecular flexibility index (Phi) is 5.40. The van der Waals surface area contributed by atoms with Gasteiger partial charge in [-0.25, -0.2) is 4.79 Å². The van der Waals surface area contributed by atoms with Gasteiger partial charge in [0.2, 0.25) is 0 Å². The van der Waals surface area contributed by atoms with Crippen molar-refractivity contribution in [3.05, 3.63) is 46.2 Å². The molecule has 0 aliphatic carbocycles. The van der Waals surface area contributed by atoms with Crippen molar-refractivity contribution >= 4 is 40.9 Å². The first-order valence-electron chi connectivity index (χ1n) is 9.13. The number of aryl methyl sites for hydroxylation is 1. The molecule has 2 saturated heterocycles. The SMILES string of the molecule is Cc1ccc(C=NC[C@@H]2CN(c3ccc(N4CCOCC4=O)cc3)C(=O)O2)s1. The Morgan fingerprint density at radius 2 is 1.89 bits per heavy atom. The maximum absolute atomic E-state index is 12.2.